The van der Waals surface area contributed by atoms with Gasteiger partial charge in [0.25, 0.3) is 0 Å². The largest absolute Gasteiger partial charge is 0.418 e. The van der Waals surface area contributed by atoms with Gasteiger partial charge in [-0.05, 0) is 31.0 Å². The van der Waals surface area contributed by atoms with E-state index in [9.17, 15) is 18.3 Å². The first-order valence-electron chi connectivity index (χ1n) is 7.23. The van der Waals surface area contributed by atoms with Crippen LogP contribution in [-0.2, 0) is 6.18 Å². The summed E-state index contributed by atoms with van der Waals surface area (Å²) in [5, 5.41) is 13.4. The van der Waals surface area contributed by atoms with Crippen molar-refractivity contribution in [3.8, 4) is 0 Å². The van der Waals surface area contributed by atoms with Crippen molar-refractivity contribution in [2.45, 2.75) is 50.3 Å². The van der Waals surface area contributed by atoms with E-state index in [1.165, 1.54) is 12.1 Å². The molecule has 6 heteroatoms. The van der Waals surface area contributed by atoms with Crippen LogP contribution in [0.5, 0.6) is 0 Å². The summed E-state index contributed by atoms with van der Waals surface area (Å²) in [6, 6.07) is 3.74. The van der Waals surface area contributed by atoms with Crippen molar-refractivity contribution in [3.63, 3.8) is 0 Å². The van der Waals surface area contributed by atoms with Gasteiger partial charge < -0.3 is 16.2 Å². The molecule has 0 aromatic heterocycles. The minimum absolute atomic E-state index is 0.258. The topological polar surface area (TPSA) is 58.3 Å². The maximum atomic E-state index is 12.8. The maximum absolute atomic E-state index is 12.8. The van der Waals surface area contributed by atoms with Crippen LogP contribution in [0.15, 0.2) is 18.2 Å². The lowest BCUT2D eigenvalue weighted by Crippen LogP contribution is -2.36. The summed E-state index contributed by atoms with van der Waals surface area (Å²) in [5.41, 5.74) is 3.72. The van der Waals surface area contributed by atoms with Gasteiger partial charge in [0.2, 0.25) is 0 Å². The van der Waals surface area contributed by atoms with Gasteiger partial charge in [-0.2, -0.15) is 13.2 Å². The molecule has 0 unspecified atom stereocenters. The first-order valence-corrected chi connectivity index (χ1v) is 7.23. The SMILES string of the molecule is Nc1ccc(NCC2(O)CCCCCC2)cc1C(F)(F)F. The third-order valence-electron chi connectivity index (χ3n) is 4.01. The molecule has 0 aliphatic heterocycles. The number of alkyl halides is 3. The molecule has 0 heterocycles. The van der Waals surface area contributed by atoms with Gasteiger partial charge in [-0.15, -0.1) is 0 Å². The van der Waals surface area contributed by atoms with E-state index < -0.39 is 17.3 Å². The van der Waals surface area contributed by atoms with E-state index in [2.05, 4.69) is 5.32 Å². The van der Waals surface area contributed by atoms with Gasteiger partial charge in [0.1, 0.15) is 0 Å². The van der Waals surface area contributed by atoms with Gasteiger partial charge in [0.15, 0.2) is 0 Å². The second kappa shape index (κ2) is 6.13. The summed E-state index contributed by atoms with van der Waals surface area (Å²) >= 11 is 0. The lowest BCUT2D eigenvalue weighted by Gasteiger charge is -2.27. The highest BCUT2D eigenvalue weighted by atomic mass is 19.4. The minimum atomic E-state index is -4.47. The summed E-state index contributed by atoms with van der Waals surface area (Å²) in [5.74, 6) is 0. The van der Waals surface area contributed by atoms with Crippen LogP contribution < -0.4 is 11.1 Å². The Morgan fingerprint density at radius 3 is 2.33 bits per heavy atom. The van der Waals surface area contributed by atoms with E-state index in [-0.39, 0.29) is 12.2 Å². The fraction of sp³-hybridized carbons (Fsp3) is 0.600. The number of nitrogens with one attached hydrogen (secondary N) is 1. The average molecular weight is 302 g/mol. The zero-order chi connectivity index (χ0) is 15.5. The highest BCUT2D eigenvalue weighted by Crippen LogP contribution is 2.35. The third kappa shape index (κ3) is 4.27. The summed E-state index contributed by atoms with van der Waals surface area (Å²) in [6.07, 6.45) is 0.995. The summed E-state index contributed by atoms with van der Waals surface area (Å²) in [4.78, 5) is 0. The Bertz CT molecular complexity index is 480. The van der Waals surface area contributed by atoms with Gasteiger partial charge in [0, 0.05) is 17.9 Å². The number of halogens is 3. The van der Waals surface area contributed by atoms with Crippen LogP contribution >= 0.6 is 0 Å². The molecule has 4 N–H and O–H groups in total. The zero-order valence-corrected chi connectivity index (χ0v) is 11.8. The van der Waals surface area contributed by atoms with Gasteiger partial charge >= 0.3 is 6.18 Å². The molecule has 0 spiro atoms. The number of nitrogen functional groups attached to an aromatic ring is 1. The standard InChI is InChI=1S/C15H21F3N2O/c16-15(17,18)12-9-11(5-6-13(12)19)20-10-14(21)7-3-1-2-4-8-14/h5-6,9,20-21H,1-4,7-8,10,19H2. The normalized spacial score (nSPS) is 19.0. The molecule has 1 saturated carbocycles. The Morgan fingerprint density at radius 2 is 1.76 bits per heavy atom. The van der Waals surface area contributed by atoms with Gasteiger partial charge in [0.05, 0.1) is 11.2 Å². The van der Waals surface area contributed by atoms with Crippen molar-refractivity contribution < 1.29 is 18.3 Å². The molecule has 0 bridgehead atoms. The number of hydrogen-bond acceptors (Lipinski definition) is 3. The van der Waals surface area contributed by atoms with Crippen molar-refractivity contribution >= 4 is 11.4 Å². The first-order chi connectivity index (χ1) is 9.80. The number of nitrogens with two attached hydrogens (primary N) is 1. The monoisotopic (exact) mass is 302 g/mol. The molecule has 1 aliphatic carbocycles. The van der Waals surface area contributed by atoms with Crippen molar-refractivity contribution in [2.24, 2.45) is 0 Å². The Balaban J connectivity index is 2.06. The van der Waals surface area contributed by atoms with Crippen molar-refractivity contribution in [1.29, 1.82) is 0 Å². The van der Waals surface area contributed by atoms with Crippen LogP contribution in [0, 0.1) is 0 Å². The van der Waals surface area contributed by atoms with Gasteiger partial charge in [-0.25, -0.2) is 0 Å². The van der Waals surface area contributed by atoms with Crippen molar-refractivity contribution in [3.05, 3.63) is 23.8 Å². The molecule has 0 atom stereocenters. The molecule has 21 heavy (non-hydrogen) atoms. The van der Waals surface area contributed by atoms with E-state index >= 15 is 0 Å². The third-order valence-corrected chi connectivity index (χ3v) is 4.01. The molecule has 2 rings (SSSR count). The highest BCUT2D eigenvalue weighted by Gasteiger charge is 2.33. The van der Waals surface area contributed by atoms with Gasteiger partial charge in [-0.1, -0.05) is 25.7 Å². The fourth-order valence-electron chi connectivity index (χ4n) is 2.74. The van der Waals surface area contributed by atoms with Crippen molar-refractivity contribution in [2.75, 3.05) is 17.6 Å². The Kier molecular flexibility index (Phi) is 4.66. The summed E-state index contributed by atoms with van der Waals surface area (Å²) in [6.45, 7) is 0.258. The second-order valence-electron chi connectivity index (χ2n) is 5.79. The van der Waals surface area contributed by atoms with Crippen LogP contribution in [-0.4, -0.2) is 17.3 Å². The predicted molar refractivity (Wildman–Crippen MR) is 77.0 cm³/mol. The van der Waals surface area contributed by atoms with E-state index in [4.69, 9.17) is 5.73 Å². The predicted octanol–water partition coefficient (Wildman–Crippen LogP) is 3.78. The lowest BCUT2D eigenvalue weighted by atomic mass is 9.94. The Hall–Kier alpha value is -1.43. The van der Waals surface area contributed by atoms with Crippen LogP contribution in [0.1, 0.15) is 44.1 Å². The number of hydrogen-bond donors (Lipinski definition) is 3. The van der Waals surface area contributed by atoms with E-state index in [0.717, 1.165) is 31.7 Å². The molecule has 1 aliphatic rings. The molecule has 118 valence electrons. The molecule has 0 saturated heterocycles. The summed E-state index contributed by atoms with van der Waals surface area (Å²) in [7, 11) is 0. The minimum Gasteiger partial charge on any atom is -0.398 e. The number of anilines is 2. The fourth-order valence-corrected chi connectivity index (χ4v) is 2.74. The van der Waals surface area contributed by atoms with Crippen LogP contribution in [0.2, 0.25) is 0 Å². The molecule has 1 fully saturated rings. The molecule has 0 amide bonds. The van der Waals surface area contributed by atoms with Gasteiger partial charge in [-0.3, -0.25) is 0 Å². The highest BCUT2D eigenvalue weighted by molar-refractivity contribution is 5.58. The quantitative estimate of drug-likeness (QED) is 0.588. The first kappa shape index (κ1) is 15.9. The van der Waals surface area contributed by atoms with E-state index in [0.29, 0.717) is 18.5 Å². The molecule has 1 aromatic carbocycles. The second-order valence-corrected chi connectivity index (χ2v) is 5.79. The molecular formula is C15H21F3N2O. The van der Waals surface area contributed by atoms with E-state index in [1.807, 2.05) is 0 Å². The van der Waals surface area contributed by atoms with Crippen molar-refractivity contribution in [1.82, 2.24) is 0 Å². The number of benzene rings is 1. The Morgan fingerprint density at radius 1 is 1.14 bits per heavy atom. The molecule has 0 radical (unpaired) electrons. The average Bonchev–Trinajstić information content (AvgIpc) is 2.62. The summed E-state index contributed by atoms with van der Waals surface area (Å²) < 4.78 is 38.4. The lowest BCUT2D eigenvalue weighted by molar-refractivity contribution is -0.136. The smallest absolute Gasteiger partial charge is 0.398 e. The molecule has 1 aromatic rings. The molecule has 3 nitrogen and oxygen atoms in total. The Labute approximate surface area is 122 Å². The van der Waals surface area contributed by atoms with Crippen LogP contribution in [0.25, 0.3) is 0 Å². The van der Waals surface area contributed by atoms with Crippen LogP contribution in [0.3, 0.4) is 0 Å². The maximum Gasteiger partial charge on any atom is 0.418 e. The van der Waals surface area contributed by atoms with E-state index in [1.54, 1.807) is 0 Å². The number of aliphatic hydroxyl groups is 1. The molecular weight excluding hydrogens is 281 g/mol. The van der Waals surface area contributed by atoms with Crippen LogP contribution in [0.4, 0.5) is 24.5 Å². The number of rotatable bonds is 3. The zero-order valence-electron chi connectivity index (χ0n) is 11.8.